The van der Waals surface area contributed by atoms with Crippen LogP contribution in [0.5, 0.6) is 0 Å². The van der Waals surface area contributed by atoms with Crippen LogP contribution in [0.15, 0.2) is 24.2 Å². The minimum absolute atomic E-state index is 0.0602. The van der Waals surface area contributed by atoms with E-state index in [1.165, 1.54) is 6.08 Å². The molecule has 0 bridgehead atoms. The largest absolute Gasteiger partial charge is 0.400 e. The predicted molar refractivity (Wildman–Crippen MR) is 42.5 cm³/mol. The Morgan fingerprint density at radius 2 is 2.27 bits per heavy atom. The summed E-state index contributed by atoms with van der Waals surface area (Å²) in [6.07, 6.45) is 4.83. The van der Waals surface area contributed by atoms with E-state index in [4.69, 9.17) is 5.11 Å². The van der Waals surface area contributed by atoms with Gasteiger partial charge in [-0.2, -0.15) is 4.39 Å². The second-order valence-corrected chi connectivity index (χ2v) is 1.81. The molecule has 0 saturated carbocycles. The number of nitrogens with one attached hydrogen (secondary N) is 2. The predicted octanol–water partition coefficient (Wildman–Crippen LogP) is 0.111. The summed E-state index contributed by atoms with van der Waals surface area (Å²) in [5.41, 5.74) is 0. The van der Waals surface area contributed by atoms with E-state index >= 15 is 0 Å². The maximum absolute atomic E-state index is 12.3. The van der Waals surface area contributed by atoms with E-state index < -0.39 is 0 Å². The zero-order valence-electron chi connectivity index (χ0n) is 6.63. The number of dihydropyridines is 1. The van der Waals surface area contributed by atoms with E-state index in [0.717, 1.165) is 7.11 Å². The molecule has 0 saturated heterocycles. The van der Waals surface area contributed by atoms with E-state index in [1.54, 1.807) is 13.1 Å². The topological polar surface area (TPSA) is 44.3 Å². The van der Waals surface area contributed by atoms with Crippen molar-refractivity contribution in [1.82, 2.24) is 10.6 Å². The Kier molecular flexibility index (Phi) is 5.42. The smallest absolute Gasteiger partial charge is 0.188 e. The Morgan fingerprint density at radius 3 is 2.64 bits per heavy atom. The zero-order valence-corrected chi connectivity index (χ0v) is 6.63. The molecule has 1 aliphatic heterocycles. The highest BCUT2D eigenvalue weighted by molar-refractivity contribution is 5.14. The van der Waals surface area contributed by atoms with Gasteiger partial charge in [0.15, 0.2) is 5.95 Å². The first-order valence-corrected chi connectivity index (χ1v) is 3.25. The SMILES string of the molecule is CNC1C=CC=C(F)N1.CO. The zero-order chi connectivity index (χ0) is 8.69. The molecule has 64 valence electrons. The molecule has 0 aromatic rings. The average molecular weight is 160 g/mol. The van der Waals surface area contributed by atoms with Gasteiger partial charge in [0.25, 0.3) is 0 Å². The second kappa shape index (κ2) is 5.88. The van der Waals surface area contributed by atoms with Crippen LogP contribution in [0.3, 0.4) is 0 Å². The number of rotatable bonds is 1. The van der Waals surface area contributed by atoms with Crippen LogP contribution in [0, 0.1) is 0 Å². The summed E-state index contributed by atoms with van der Waals surface area (Å²) in [5, 5.41) is 12.4. The first-order chi connectivity index (χ1) is 5.33. The van der Waals surface area contributed by atoms with Gasteiger partial charge in [0, 0.05) is 7.11 Å². The normalized spacial score (nSPS) is 21.1. The van der Waals surface area contributed by atoms with Gasteiger partial charge in [-0.25, -0.2) is 0 Å². The molecule has 0 fully saturated rings. The summed E-state index contributed by atoms with van der Waals surface area (Å²) in [5.74, 6) is -0.295. The molecule has 0 radical (unpaired) electrons. The second-order valence-electron chi connectivity index (χ2n) is 1.81. The molecule has 1 rings (SSSR count). The van der Waals surface area contributed by atoms with Crippen LogP contribution < -0.4 is 10.6 Å². The van der Waals surface area contributed by atoms with Crippen LogP contribution in [0.25, 0.3) is 0 Å². The van der Waals surface area contributed by atoms with Crippen molar-refractivity contribution in [3.8, 4) is 0 Å². The van der Waals surface area contributed by atoms with Gasteiger partial charge in [0.05, 0.1) is 6.17 Å². The lowest BCUT2D eigenvalue weighted by atomic mass is 10.3. The minimum atomic E-state index is -0.295. The molecule has 3 N–H and O–H groups in total. The van der Waals surface area contributed by atoms with Gasteiger partial charge in [-0.05, 0) is 19.2 Å². The van der Waals surface area contributed by atoms with Gasteiger partial charge >= 0.3 is 0 Å². The Balaban J connectivity index is 0.000000461. The Labute approximate surface area is 65.6 Å². The Morgan fingerprint density at radius 1 is 1.64 bits per heavy atom. The van der Waals surface area contributed by atoms with E-state index in [-0.39, 0.29) is 12.1 Å². The monoisotopic (exact) mass is 160 g/mol. The fourth-order valence-corrected chi connectivity index (χ4v) is 0.664. The van der Waals surface area contributed by atoms with Gasteiger partial charge in [-0.15, -0.1) is 0 Å². The minimum Gasteiger partial charge on any atom is -0.400 e. The molecule has 0 aromatic carbocycles. The molecular weight excluding hydrogens is 147 g/mol. The first-order valence-electron chi connectivity index (χ1n) is 3.25. The van der Waals surface area contributed by atoms with Crippen molar-refractivity contribution in [2.45, 2.75) is 6.17 Å². The fourth-order valence-electron chi connectivity index (χ4n) is 0.664. The summed E-state index contributed by atoms with van der Waals surface area (Å²) in [7, 11) is 2.76. The first kappa shape index (κ1) is 10.1. The molecule has 4 heteroatoms. The number of halogens is 1. The maximum Gasteiger partial charge on any atom is 0.188 e. The quantitative estimate of drug-likeness (QED) is 0.477. The molecule has 3 nitrogen and oxygen atoms in total. The van der Waals surface area contributed by atoms with Crippen molar-refractivity contribution in [3.05, 3.63) is 24.2 Å². The van der Waals surface area contributed by atoms with Crippen molar-refractivity contribution in [2.24, 2.45) is 0 Å². The molecule has 0 spiro atoms. The van der Waals surface area contributed by atoms with Crippen LogP contribution in [-0.2, 0) is 0 Å². The van der Waals surface area contributed by atoms with Gasteiger partial charge < -0.3 is 10.4 Å². The molecule has 1 atom stereocenters. The lowest BCUT2D eigenvalue weighted by Gasteiger charge is -2.15. The summed E-state index contributed by atoms with van der Waals surface area (Å²) < 4.78 is 12.3. The van der Waals surface area contributed by atoms with Crippen molar-refractivity contribution < 1.29 is 9.50 Å². The van der Waals surface area contributed by atoms with Gasteiger partial charge in [-0.1, -0.05) is 6.08 Å². The molecule has 1 heterocycles. The van der Waals surface area contributed by atoms with Crippen LogP contribution in [0.2, 0.25) is 0 Å². The number of aliphatic hydroxyl groups is 1. The van der Waals surface area contributed by atoms with Crippen LogP contribution >= 0.6 is 0 Å². The molecule has 0 amide bonds. The number of allylic oxidation sites excluding steroid dienone is 2. The molecule has 1 unspecified atom stereocenters. The summed E-state index contributed by atoms with van der Waals surface area (Å²) >= 11 is 0. The number of aliphatic hydroxyl groups excluding tert-OH is 1. The third-order valence-electron chi connectivity index (χ3n) is 1.15. The summed E-state index contributed by atoms with van der Waals surface area (Å²) in [4.78, 5) is 0. The number of likely N-dealkylation sites (N-methyl/N-ethyl adjacent to an activating group) is 1. The van der Waals surface area contributed by atoms with E-state index in [1.807, 2.05) is 6.08 Å². The molecule has 0 aliphatic carbocycles. The Bertz CT molecular complexity index is 157. The average Bonchev–Trinajstić information content (AvgIpc) is 2.08. The highest BCUT2D eigenvalue weighted by atomic mass is 19.1. The lowest BCUT2D eigenvalue weighted by Crippen LogP contribution is -2.38. The van der Waals surface area contributed by atoms with Crippen LogP contribution in [0.4, 0.5) is 4.39 Å². The lowest BCUT2D eigenvalue weighted by molar-refractivity contribution is 0.399. The van der Waals surface area contributed by atoms with Crippen LogP contribution in [0.1, 0.15) is 0 Å². The highest BCUT2D eigenvalue weighted by Crippen LogP contribution is 1.99. The van der Waals surface area contributed by atoms with Gasteiger partial charge in [0.2, 0.25) is 0 Å². The van der Waals surface area contributed by atoms with E-state index in [9.17, 15) is 4.39 Å². The van der Waals surface area contributed by atoms with Crippen molar-refractivity contribution in [2.75, 3.05) is 14.2 Å². The standard InChI is InChI=1S/C6H9FN2.CH4O/c1-8-6-4-2-3-5(7)9-6;1-2/h2-4,6,8-9H,1H3;2H,1H3. The maximum atomic E-state index is 12.3. The third kappa shape index (κ3) is 3.75. The van der Waals surface area contributed by atoms with Crippen LogP contribution in [-0.4, -0.2) is 25.4 Å². The molecule has 11 heavy (non-hydrogen) atoms. The Hall–Kier alpha value is -0.870. The number of hydrogen-bond donors (Lipinski definition) is 3. The highest BCUT2D eigenvalue weighted by Gasteiger charge is 2.04. The van der Waals surface area contributed by atoms with Gasteiger partial charge in [-0.3, -0.25) is 5.32 Å². The number of hydrogen-bond acceptors (Lipinski definition) is 3. The van der Waals surface area contributed by atoms with E-state index in [2.05, 4.69) is 10.6 Å². The molecule has 0 aromatic heterocycles. The summed E-state index contributed by atoms with van der Waals surface area (Å²) in [6.45, 7) is 0. The van der Waals surface area contributed by atoms with Crippen molar-refractivity contribution in [1.29, 1.82) is 0 Å². The van der Waals surface area contributed by atoms with Crippen molar-refractivity contribution in [3.63, 3.8) is 0 Å². The van der Waals surface area contributed by atoms with E-state index in [0.29, 0.717) is 0 Å². The third-order valence-corrected chi connectivity index (χ3v) is 1.15. The summed E-state index contributed by atoms with van der Waals surface area (Å²) in [6, 6.07) is 0. The van der Waals surface area contributed by atoms with Crippen molar-refractivity contribution >= 4 is 0 Å². The molecular formula is C7H13FN2O. The molecule has 1 aliphatic rings. The van der Waals surface area contributed by atoms with Gasteiger partial charge in [0.1, 0.15) is 0 Å². The fraction of sp³-hybridized carbons (Fsp3) is 0.429.